The maximum Gasteiger partial charge on any atom is 0.335 e. The van der Waals surface area contributed by atoms with Crippen LogP contribution in [0, 0.1) is 87.3 Å². The first-order valence-electron chi connectivity index (χ1n) is 36.1. The Morgan fingerprint density at radius 3 is 1.48 bits per heavy atom. The van der Waals surface area contributed by atoms with Crippen molar-refractivity contribution in [2.24, 2.45) is 87.3 Å². The molecule has 88 heavy (non-hydrogen) atoms. The summed E-state index contributed by atoms with van der Waals surface area (Å²) in [5.74, 6) is 5.36. The number of hydrogen-bond acceptors (Lipinski definition) is 14. The molecule has 16 aliphatic rings. The molecule has 0 amide bonds. The van der Waals surface area contributed by atoms with Crippen molar-refractivity contribution in [3.05, 3.63) is 0 Å². The van der Waals surface area contributed by atoms with Gasteiger partial charge in [-0.05, 0) is 269 Å². The lowest BCUT2D eigenvalue weighted by atomic mass is 9.49. The Hall–Kier alpha value is -3.26. The van der Waals surface area contributed by atoms with E-state index >= 15 is 0 Å². The molecule has 16 rings (SSSR count). The number of carbonyl (C=O) groups is 6. The number of rotatable bonds is 18. The van der Waals surface area contributed by atoms with Crippen LogP contribution in [0.25, 0.3) is 0 Å². The fraction of sp³-hybridized carbons (Fsp3) is 0.919. The van der Waals surface area contributed by atoms with Crippen LogP contribution in [0.1, 0.15) is 290 Å². The summed E-state index contributed by atoms with van der Waals surface area (Å²) in [6, 6.07) is 0. The van der Waals surface area contributed by atoms with Crippen LogP contribution in [-0.4, -0.2) is 92.8 Å². The zero-order valence-electron chi connectivity index (χ0n) is 57.1. The molecular weight excluding hydrogens is 1110 g/mol. The van der Waals surface area contributed by atoms with Crippen LogP contribution in [0.15, 0.2) is 0 Å². The van der Waals surface area contributed by atoms with Crippen molar-refractivity contribution in [3.8, 4) is 0 Å². The van der Waals surface area contributed by atoms with Crippen molar-refractivity contribution >= 4 is 35.8 Å². The first-order valence-corrected chi connectivity index (χ1v) is 36.1. The summed E-state index contributed by atoms with van der Waals surface area (Å²) < 4.78 is 42.2. The molecule has 0 aromatic carbocycles. The molecule has 11 atom stereocenters. The van der Waals surface area contributed by atoms with Crippen LogP contribution >= 0.6 is 0 Å². The molecule has 498 valence electrons. The zero-order chi connectivity index (χ0) is 63.8. The number of hydrogen-bond donors (Lipinski definition) is 1. The average molecular weight is 1230 g/mol. The first-order chi connectivity index (χ1) is 41.3. The second kappa shape index (κ2) is 25.2. The molecular formula is C74H118O14. The number of aliphatic hydroxyl groups is 1. The molecule has 1 saturated heterocycles. The Balaban J connectivity index is 0.000000134. The summed E-state index contributed by atoms with van der Waals surface area (Å²) in [5, 5.41) is 10.6. The Morgan fingerprint density at radius 2 is 1.01 bits per heavy atom. The van der Waals surface area contributed by atoms with E-state index in [0.717, 1.165) is 147 Å². The van der Waals surface area contributed by atoms with E-state index in [1.807, 2.05) is 76.2 Å². The normalized spacial score (nSPS) is 41.0. The van der Waals surface area contributed by atoms with E-state index in [0.29, 0.717) is 53.8 Å². The summed E-state index contributed by atoms with van der Waals surface area (Å²) in [7, 11) is 0. The van der Waals surface area contributed by atoms with E-state index in [-0.39, 0.29) is 87.7 Å². The van der Waals surface area contributed by atoms with Crippen molar-refractivity contribution in [1.82, 2.24) is 0 Å². The van der Waals surface area contributed by atoms with E-state index in [1.165, 1.54) is 51.4 Å². The average Bonchev–Trinajstić information content (AvgIpc) is 0.855. The smallest absolute Gasteiger partial charge is 0.335 e. The van der Waals surface area contributed by atoms with Gasteiger partial charge in [-0.1, -0.05) is 54.9 Å². The molecule has 1 aliphatic heterocycles. The highest BCUT2D eigenvalue weighted by molar-refractivity contribution is 5.79. The lowest BCUT2D eigenvalue weighted by molar-refractivity contribution is -0.251. The molecule has 0 aromatic rings. The number of esters is 6. The van der Waals surface area contributed by atoms with Crippen LogP contribution in [0.3, 0.4) is 0 Å². The lowest BCUT2D eigenvalue weighted by Gasteiger charge is -2.61. The monoisotopic (exact) mass is 1230 g/mol. The van der Waals surface area contributed by atoms with Gasteiger partial charge in [0.1, 0.15) is 34.6 Å². The SMILES string of the molecule is CCC(C)(C)C(=O)OC1(CC)C2CC3CC(C2)CC1C3.CCC(C)(C)C(=O)OC12CC3CC(CC(O)(C3)C1)C2.CCC(C)C(=O)OC1C2CC3C(=O)OC1C3C2.CCC1(OC(=O)C(C)OC23CC4CC(CC(OC(=O)C(C)(C)CC)(C4)C2)C3)CCCCC1. The van der Waals surface area contributed by atoms with Gasteiger partial charge >= 0.3 is 35.8 Å². The topological polar surface area (TPSA) is 187 Å². The molecule has 15 aliphatic carbocycles. The zero-order valence-corrected chi connectivity index (χ0v) is 57.1. The molecule has 16 fully saturated rings. The summed E-state index contributed by atoms with van der Waals surface area (Å²) in [5.41, 5.74) is -3.36. The molecule has 1 N–H and O–H groups in total. The maximum absolute atomic E-state index is 13.1. The predicted molar refractivity (Wildman–Crippen MR) is 335 cm³/mol. The lowest BCUT2D eigenvalue weighted by Crippen LogP contribution is -2.62. The molecule has 14 heteroatoms. The Kier molecular flexibility index (Phi) is 19.4. The molecule has 14 bridgehead atoms. The van der Waals surface area contributed by atoms with E-state index in [9.17, 15) is 33.9 Å². The fourth-order valence-corrected chi connectivity index (χ4v) is 20.7. The van der Waals surface area contributed by atoms with Gasteiger partial charge in [0, 0.05) is 24.7 Å². The molecule has 11 unspecified atom stereocenters. The third-order valence-corrected chi connectivity index (χ3v) is 26.4. The largest absolute Gasteiger partial charge is 0.459 e. The second-order valence-corrected chi connectivity index (χ2v) is 34.1. The van der Waals surface area contributed by atoms with Gasteiger partial charge in [0.05, 0.1) is 39.3 Å². The number of ether oxygens (including phenoxy) is 7. The molecule has 1 heterocycles. The quantitative estimate of drug-likeness (QED) is 0.101. The van der Waals surface area contributed by atoms with E-state index in [2.05, 4.69) is 20.8 Å². The van der Waals surface area contributed by atoms with Crippen molar-refractivity contribution in [2.45, 2.75) is 341 Å². The minimum atomic E-state index is -0.587. The van der Waals surface area contributed by atoms with Gasteiger partial charge in [0.25, 0.3) is 0 Å². The molecule has 0 radical (unpaired) electrons. The van der Waals surface area contributed by atoms with Gasteiger partial charge in [-0.3, -0.25) is 24.0 Å². The van der Waals surface area contributed by atoms with Crippen molar-refractivity contribution in [1.29, 1.82) is 0 Å². The fourth-order valence-electron chi connectivity index (χ4n) is 20.7. The van der Waals surface area contributed by atoms with Gasteiger partial charge in [0.2, 0.25) is 0 Å². The van der Waals surface area contributed by atoms with E-state index < -0.39 is 28.1 Å². The number of carbonyl (C=O) groups excluding carboxylic acids is 6. The minimum absolute atomic E-state index is 0.0364. The second-order valence-electron chi connectivity index (χ2n) is 34.1. The van der Waals surface area contributed by atoms with Crippen molar-refractivity contribution < 1.29 is 67.0 Å². The highest BCUT2D eigenvalue weighted by Crippen LogP contribution is 2.64. The molecule has 14 nitrogen and oxygen atoms in total. The maximum atomic E-state index is 13.1. The van der Waals surface area contributed by atoms with Crippen LogP contribution < -0.4 is 0 Å². The van der Waals surface area contributed by atoms with Gasteiger partial charge in [-0.15, -0.1) is 0 Å². The first kappa shape index (κ1) is 67.6. The summed E-state index contributed by atoms with van der Waals surface area (Å²) in [4.78, 5) is 74.4. The molecule has 15 saturated carbocycles. The summed E-state index contributed by atoms with van der Waals surface area (Å²) >= 11 is 0. The third kappa shape index (κ3) is 13.4. The van der Waals surface area contributed by atoms with Crippen LogP contribution in [0.4, 0.5) is 0 Å². The summed E-state index contributed by atoms with van der Waals surface area (Å²) in [6.07, 6.45) is 29.5. The van der Waals surface area contributed by atoms with E-state index in [4.69, 9.17) is 33.2 Å². The van der Waals surface area contributed by atoms with Crippen molar-refractivity contribution in [2.75, 3.05) is 0 Å². The van der Waals surface area contributed by atoms with Gasteiger partial charge in [-0.25, -0.2) is 4.79 Å². The van der Waals surface area contributed by atoms with Crippen LogP contribution in [0.5, 0.6) is 0 Å². The standard InChI is InChI=1S/C27H44O5.C18H30O2.C16H26O3.C13H18O4/c1-6-24(4,5)23(29)32-27-16-20-13-21(17-27)15-26(14-20,18-27)30-19(3)22(28)31-25(7-2)11-9-8-10-12-25;1-5-17(3,4)16(19)20-18(6-2)14-8-12-7-13(10-14)11-15(18)9-12;1-4-14(2,3)13(17)19-16-8-11-5-12(9-16)7-15(18,6-11)10-16;1-3-6(2)12(14)16-10-7-4-8-9(5-7)13(15)17-11(8)10/h19-21H,6-18H2,1-5H3;12-15H,5-11H2,1-4H3;11-12,18H,4-10H2,1-3H3;6-11H,3-5H2,1-2H3. The van der Waals surface area contributed by atoms with Crippen LogP contribution in [-0.2, 0) is 61.9 Å². The van der Waals surface area contributed by atoms with Gasteiger partial charge < -0.3 is 38.3 Å². The van der Waals surface area contributed by atoms with E-state index in [1.54, 1.807) is 0 Å². The van der Waals surface area contributed by atoms with Gasteiger partial charge in [-0.2, -0.15) is 0 Å². The highest BCUT2D eigenvalue weighted by Gasteiger charge is 2.65. The molecule has 0 spiro atoms. The number of fused-ring (bicyclic) bond motifs is 1. The van der Waals surface area contributed by atoms with Gasteiger partial charge in [0.15, 0.2) is 6.10 Å². The van der Waals surface area contributed by atoms with Crippen LogP contribution in [0.2, 0.25) is 0 Å². The van der Waals surface area contributed by atoms with Crippen molar-refractivity contribution in [3.63, 3.8) is 0 Å². The Labute approximate surface area is 529 Å². The summed E-state index contributed by atoms with van der Waals surface area (Å²) in [6.45, 7) is 28.1. The third-order valence-electron chi connectivity index (χ3n) is 26.4. The Bertz CT molecular complexity index is 2500. The Morgan fingerprint density at radius 1 is 0.545 bits per heavy atom. The molecule has 0 aromatic heterocycles. The highest BCUT2D eigenvalue weighted by atomic mass is 16.6. The minimum Gasteiger partial charge on any atom is -0.459 e. The predicted octanol–water partition coefficient (Wildman–Crippen LogP) is 15.3.